The molecule has 3 fully saturated rings. The summed E-state index contributed by atoms with van der Waals surface area (Å²) in [5.74, 6) is 1.28. The number of nitrogens with zero attached hydrogens (tertiary/aromatic N) is 5. The van der Waals surface area contributed by atoms with Gasteiger partial charge >= 0.3 is 6.01 Å². The van der Waals surface area contributed by atoms with Gasteiger partial charge in [0.1, 0.15) is 53.4 Å². The molecule has 0 bridgehead atoms. The molecule has 0 amide bonds. The van der Waals surface area contributed by atoms with Crippen molar-refractivity contribution in [2.75, 3.05) is 37.7 Å². The fourth-order valence-corrected chi connectivity index (χ4v) is 8.60. The number of alkyl halides is 2. The van der Waals surface area contributed by atoms with E-state index in [-0.39, 0.29) is 77.6 Å². The van der Waals surface area contributed by atoms with E-state index < -0.39 is 28.2 Å². The van der Waals surface area contributed by atoms with Crippen molar-refractivity contribution in [1.29, 1.82) is 0 Å². The molecular weight excluding hydrogens is 631 g/mol. The molecule has 0 saturated carbocycles. The maximum absolute atomic E-state index is 17.0. The van der Waals surface area contributed by atoms with Gasteiger partial charge in [-0.3, -0.25) is 4.90 Å². The highest BCUT2D eigenvalue weighted by atomic mass is 35.5. The van der Waals surface area contributed by atoms with Crippen molar-refractivity contribution in [2.45, 2.75) is 68.1 Å². The molecule has 1 N–H and O–H groups in total. The van der Waals surface area contributed by atoms with Gasteiger partial charge in [0.25, 0.3) is 0 Å². The van der Waals surface area contributed by atoms with Crippen molar-refractivity contribution >= 4 is 39.1 Å². The summed E-state index contributed by atoms with van der Waals surface area (Å²) in [5, 5.41) is 11.6. The zero-order valence-corrected chi connectivity index (χ0v) is 26.6. The fourth-order valence-electron chi connectivity index (χ4n) is 8.21. The van der Waals surface area contributed by atoms with Crippen molar-refractivity contribution in [3.05, 3.63) is 41.5 Å². The van der Waals surface area contributed by atoms with Crippen LogP contribution in [0.4, 0.5) is 19.0 Å². The van der Waals surface area contributed by atoms with E-state index in [4.69, 9.17) is 32.5 Å². The van der Waals surface area contributed by atoms with E-state index in [1.54, 1.807) is 0 Å². The third-order valence-corrected chi connectivity index (χ3v) is 10.4. The zero-order chi connectivity index (χ0) is 32.7. The molecule has 0 radical (unpaired) electrons. The second kappa shape index (κ2) is 11.0. The van der Waals surface area contributed by atoms with E-state index in [2.05, 4.69) is 20.8 Å². The Morgan fingerprint density at radius 2 is 2.02 bits per heavy atom. The number of ether oxygens (including phenoxy) is 2. The fraction of sp³-hybridized carbons (Fsp3) is 0.457. The van der Waals surface area contributed by atoms with Crippen LogP contribution in [0.1, 0.15) is 51.0 Å². The Kier molecular flexibility index (Phi) is 7.12. The van der Waals surface area contributed by atoms with Crippen molar-refractivity contribution in [3.8, 4) is 41.2 Å². The van der Waals surface area contributed by atoms with Crippen LogP contribution in [0.25, 0.3) is 32.9 Å². The van der Waals surface area contributed by atoms with Gasteiger partial charge in [0, 0.05) is 37.0 Å². The molecule has 6 heterocycles. The summed E-state index contributed by atoms with van der Waals surface area (Å²) in [6.45, 7) is 3.78. The molecule has 4 aliphatic heterocycles. The normalized spacial score (nSPS) is 27.2. The summed E-state index contributed by atoms with van der Waals surface area (Å²) in [6.07, 6.45) is 9.30. The second-order valence-electron chi connectivity index (χ2n) is 13.6. The lowest BCUT2D eigenvalue weighted by Gasteiger charge is -2.31. The summed E-state index contributed by atoms with van der Waals surface area (Å²) in [4.78, 5) is 17.7. The third-order valence-electron chi connectivity index (χ3n) is 10.1. The van der Waals surface area contributed by atoms with Gasteiger partial charge in [0.15, 0.2) is 5.82 Å². The summed E-state index contributed by atoms with van der Waals surface area (Å²) in [6, 6.07) is 5.30. The van der Waals surface area contributed by atoms with Crippen LogP contribution < -0.4 is 14.4 Å². The van der Waals surface area contributed by atoms with Crippen LogP contribution in [-0.4, -0.2) is 80.4 Å². The molecular formula is C35H33ClF3N5O3. The molecule has 8 nitrogen and oxygen atoms in total. The minimum atomic E-state index is -1.01. The summed E-state index contributed by atoms with van der Waals surface area (Å²) >= 11 is 6.75. The molecule has 4 atom stereocenters. The molecule has 1 unspecified atom stereocenters. The van der Waals surface area contributed by atoms with Crippen molar-refractivity contribution in [3.63, 3.8) is 0 Å². The lowest BCUT2D eigenvalue weighted by molar-refractivity contribution is 0.107. The van der Waals surface area contributed by atoms with E-state index >= 15 is 4.39 Å². The van der Waals surface area contributed by atoms with Crippen molar-refractivity contribution in [1.82, 2.24) is 19.9 Å². The number of anilines is 1. The van der Waals surface area contributed by atoms with E-state index in [0.717, 1.165) is 25.7 Å². The number of pyridine rings is 1. The molecule has 4 aliphatic rings. The molecule has 0 aliphatic carbocycles. The molecule has 2 aromatic heterocycles. The topological polar surface area (TPSA) is 83.8 Å². The van der Waals surface area contributed by atoms with Gasteiger partial charge in [0.05, 0.1) is 22.0 Å². The SMILES string of the molecule is C#Cc1c(F)ccc2cc(O)cc(-c3nc4c5c(nc(OC[C@]67C[C@@H](F)CN6CC(C)(Cl)C7)nc5c3F)N3CCCCC[C@H]3CO4)c12. The number of phenols is 1. The molecule has 244 valence electrons. The standard InChI is InChI=1S/C35H33ClF3N5O3/c1-3-23-25(38)9-8-19-11-22(45)12-24(26(19)23)29-28(39)30-27-31(44-10-6-4-5-7-21(44)15-46-32(27)40-29)42-33(41-30)47-18-35-13-20(37)14-43(35)17-34(2,36)16-35/h1,8-9,11-12,20-21,45H,4-7,10,13-18H2,2H3/t20-,21+,34?,35-/m1/s1. The summed E-state index contributed by atoms with van der Waals surface area (Å²) < 4.78 is 59.2. The Labute approximate surface area is 274 Å². The number of hydrogen-bond donors (Lipinski definition) is 1. The van der Waals surface area contributed by atoms with Gasteiger partial charge in [0.2, 0.25) is 5.88 Å². The van der Waals surface area contributed by atoms with Crippen LogP contribution in [0.3, 0.4) is 0 Å². The Morgan fingerprint density at radius 3 is 2.85 bits per heavy atom. The molecule has 8 rings (SSSR count). The zero-order valence-electron chi connectivity index (χ0n) is 25.8. The number of benzene rings is 2. The average Bonchev–Trinajstić information content (AvgIpc) is 3.25. The summed E-state index contributed by atoms with van der Waals surface area (Å²) in [5.41, 5.74) is -0.934. The Balaban J connectivity index is 1.32. The molecule has 2 aromatic carbocycles. The number of rotatable bonds is 4. The molecule has 12 heteroatoms. The van der Waals surface area contributed by atoms with Crippen molar-refractivity contribution < 1.29 is 27.8 Å². The third kappa shape index (κ3) is 4.99. The minimum Gasteiger partial charge on any atom is -0.508 e. The van der Waals surface area contributed by atoms with E-state index in [9.17, 15) is 13.9 Å². The maximum atomic E-state index is 17.0. The van der Waals surface area contributed by atoms with E-state index in [1.807, 2.05) is 11.8 Å². The smallest absolute Gasteiger partial charge is 0.319 e. The van der Waals surface area contributed by atoms with Crippen LogP contribution in [0, 0.1) is 24.0 Å². The number of aromatic hydroxyl groups is 1. The van der Waals surface area contributed by atoms with Crippen LogP contribution in [-0.2, 0) is 0 Å². The first-order valence-corrected chi connectivity index (χ1v) is 16.4. The number of aromatic nitrogens is 3. The monoisotopic (exact) mass is 663 g/mol. The number of halogens is 4. The highest BCUT2D eigenvalue weighted by Gasteiger charge is 2.56. The quantitative estimate of drug-likeness (QED) is 0.195. The second-order valence-corrected chi connectivity index (χ2v) is 14.5. The van der Waals surface area contributed by atoms with Gasteiger partial charge in [-0.05, 0) is 49.8 Å². The van der Waals surface area contributed by atoms with Gasteiger partial charge in [-0.1, -0.05) is 24.8 Å². The molecule has 3 saturated heterocycles. The Bertz CT molecular complexity index is 1990. The van der Waals surface area contributed by atoms with Crippen LogP contribution in [0.2, 0.25) is 0 Å². The van der Waals surface area contributed by atoms with Gasteiger partial charge < -0.3 is 19.5 Å². The van der Waals surface area contributed by atoms with E-state index in [1.165, 1.54) is 24.3 Å². The summed E-state index contributed by atoms with van der Waals surface area (Å²) in [7, 11) is 0. The molecule has 0 spiro atoms. The van der Waals surface area contributed by atoms with Crippen molar-refractivity contribution in [2.24, 2.45) is 0 Å². The lowest BCUT2D eigenvalue weighted by Crippen LogP contribution is -2.43. The van der Waals surface area contributed by atoms with Crippen LogP contribution >= 0.6 is 11.6 Å². The highest BCUT2D eigenvalue weighted by molar-refractivity contribution is 6.24. The molecule has 47 heavy (non-hydrogen) atoms. The van der Waals surface area contributed by atoms with Gasteiger partial charge in [-0.15, -0.1) is 18.0 Å². The number of phenolic OH excluding ortho intramolecular Hbond substituents is 1. The molecule has 4 aromatic rings. The first-order chi connectivity index (χ1) is 22.6. The highest BCUT2D eigenvalue weighted by Crippen LogP contribution is 2.48. The lowest BCUT2D eigenvalue weighted by atomic mass is 9.91. The minimum absolute atomic E-state index is 0.0455. The Hall–Kier alpha value is -4.01. The van der Waals surface area contributed by atoms with Gasteiger partial charge in [-0.25, -0.2) is 18.2 Å². The van der Waals surface area contributed by atoms with Crippen LogP contribution in [0.5, 0.6) is 17.6 Å². The number of terminal acetylenes is 1. The average molecular weight is 664 g/mol. The van der Waals surface area contributed by atoms with E-state index in [0.29, 0.717) is 36.1 Å². The maximum Gasteiger partial charge on any atom is 0.319 e. The van der Waals surface area contributed by atoms with Crippen LogP contribution in [0.15, 0.2) is 24.3 Å². The Morgan fingerprint density at radius 1 is 1.17 bits per heavy atom. The largest absolute Gasteiger partial charge is 0.508 e. The predicted molar refractivity (Wildman–Crippen MR) is 173 cm³/mol. The number of fused-ring (bicyclic) bond motifs is 4. The first-order valence-electron chi connectivity index (χ1n) is 16.0. The van der Waals surface area contributed by atoms with Gasteiger partial charge in [-0.2, -0.15) is 9.97 Å². The predicted octanol–water partition coefficient (Wildman–Crippen LogP) is 6.51. The first kappa shape index (κ1) is 30.3. The number of hydrogen-bond acceptors (Lipinski definition) is 8.